The van der Waals surface area contributed by atoms with E-state index in [-0.39, 0.29) is 0 Å². The number of aromatic nitrogens is 4. The molecule has 2 aromatic heterocycles. The van der Waals surface area contributed by atoms with Crippen LogP contribution >= 0.6 is 12.2 Å². The summed E-state index contributed by atoms with van der Waals surface area (Å²) in [4.78, 5) is 16.1. The lowest BCUT2D eigenvalue weighted by atomic mass is 10.2. The Labute approximate surface area is 160 Å². The van der Waals surface area contributed by atoms with Crippen LogP contribution in [0.25, 0.3) is 0 Å². The Kier molecular flexibility index (Phi) is 5.72. The molecule has 0 aliphatic carbocycles. The normalized spacial score (nSPS) is 10.9. The number of carbonyl (C=O) groups excluding carboxylic acids is 1. The van der Waals surface area contributed by atoms with E-state index in [1.165, 1.54) is 19.5 Å². The van der Waals surface area contributed by atoms with E-state index in [4.69, 9.17) is 21.7 Å². The largest absolute Gasteiger partial charge is 0.493 e. The third-order valence-electron chi connectivity index (χ3n) is 3.66. The van der Waals surface area contributed by atoms with Crippen LogP contribution in [0, 0.1) is 4.77 Å². The fraction of sp³-hybridized carbons (Fsp3) is 0.167. The van der Waals surface area contributed by atoms with Crippen LogP contribution in [-0.4, -0.2) is 39.2 Å². The van der Waals surface area contributed by atoms with E-state index in [0.717, 1.165) is 11.4 Å². The molecule has 0 saturated heterocycles. The number of pyridine rings is 1. The molecule has 0 atom stereocenters. The lowest BCUT2D eigenvalue weighted by Gasteiger charge is -2.09. The van der Waals surface area contributed by atoms with Crippen molar-refractivity contribution in [3.05, 3.63) is 64.4 Å². The van der Waals surface area contributed by atoms with Crippen LogP contribution < -0.4 is 9.47 Å². The van der Waals surface area contributed by atoms with E-state index in [1.54, 1.807) is 41.2 Å². The molecule has 8 nitrogen and oxygen atoms in total. The minimum Gasteiger partial charge on any atom is -0.493 e. The van der Waals surface area contributed by atoms with Gasteiger partial charge in [0.15, 0.2) is 17.3 Å². The summed E-state index contributed by atoms with van der Waals surface area (Å²) in [6, 6.07) is 8.28. The number of ether oxygens (including phenoxy) is 2. The Bertz CT molecular complexity index is 1030. The van der Waals surface area contributed by atoms with Crippen LogP contribution in [-0.2, 0) is 6.42 Å². The van der Waals surface area contributed by atoms with Gasteiger partial charge in [0.2, 0.25) is 4.77 Å². The van der Waals surface area contributed by atoms with Crippen molar-refractivity contribution in [2.75, 3.05) is 7.11 Å². The van der Waals surface area contributed by atoms with Crippen molar-refractivity contribution in [1.82, 2.24) is 19.9 Å². The van der Waals surface area contributed by atoms with Gasteiger partial charge in [-0.25, -0.2) is 4.79 Å². The fourth-order valence-corrected chi connectivity index (χ4v) is 2.49. The topological polar surface area (TPSA) is 94.4 Å². The molecule has 0 bridgehead atoms. The van der Waals surface area contributed by atoms with Crippen LogP contribution in [0.1, 0.15) is 28.7 Å². The van der Waals surface area contributed by atoms with Crippen molar-refractivity contribution in [3.8, 4) is 11.5 Å². The number of aryl methyl sites for hydroxylation is 1. The maximum atomic E-state index is 12.2. The van der Waals surface area contributed by atoms with E-state index >= 15 is 0 Å². The average molecular weight is 383 g/mol. The SMILES string of the molecule is CCc1n[nH]c(=S)n1/N=C\c1ccc(OC(=O)c2ccncc2)c(OC)c1. The third-order valence-corrected chi connectivity index (χ3v) is 3.93. The molecular formula is C18H17N5O3S. The highest BCUT2D eigenvalue weighted by atomic mass is 32.1. The minimum absolute atomic E-state index is 0.311. The second-order valence-electron chi connectivity index (χ2n) is 5.39. The molecule has 1 N–H and O–H groups in total. The average Bonchev–Trinajstić information content (AvgIpc) is 3.07. The van der Waals surface area contributed by atoms with Gasteiger partial charge in [-0.2, -0.15) is 14.9 Å². The van der Waals surface area contributed by atoms with Crippen molar-refractivity contribution >= 4 is 24.4 Å². The number of nitrogens with zero attached hydrogens (tertiary/aromatic N) is 4. The highest BCUT2D eigenvalue weighted by Gasteiger charge is 2.12. The quantitative estimate of drug-likeness (QED) is 0.304. The van der Waals surface area contributed by atoms with Crippen LogP contribution in [0.4, 0.5) is 0 Å². The van der Waals surface area contributed by atoms with E-state index in [0.29, 0.717) is 28.3 Å². The first-order valence-corrected chi connectivity index (χ1v) is 8.54. The van der Waals surface area contributed by atoms with Gasteiger partial charge in [0.05, 0.1) is 18.9 Å². The molecule has 27 heavy (non-hydrogen) atoms. The van der Waals surface area contributed by atoms with Gasteiger partial charge in [-0.05, 0) is 48.1 Å². The van der Waals surface area contributed by atoms with E-state index in [9.17, 15) is 4.79 Å². The Hall–Kier alpha value is -3.33. The van der Waals surface area contributed by atoms with Crippen LogP contribution in [0.3, 0.4) is 0 Å². The molecule has 9 heteroatoms. The van der Waals surface area contributed by atoms with E-state index in [1.807, 2.05) is 6.92 Å². The van der Waals surface area contributed by atoms with Crippen LogP contribution in [0.15, 0.2) is 47.8 Å². The van der Waals surface area contributed by atoms with Gasteiger partial charge in [0.25, 0.3) is 0 Å². The highest BCUT2D eigenvalue weighted by molar-refractivity contribution is 7.71. The van der Waals surface area contributed by atoms with Crippen LogP contribution in [0.5, 0.6) is 11.5 Å². The lowest BCUT2D eigenvalue weighted by Crippen LogP contribution is -2.09. The van der Waals surface area contributed by atoms with Crippen molar-refractivity contribution in [1.29, 1.82) is 0 Å². The second-order valence-corrected chi connectivity index (χ2v) is 5.78. The number of methoxy groups -OCH3 is 1. The number of rotatable bonds is 6. The first-order chi connectivity index (χ1) is 13.1. The number of carbonyl (C=O) groups is 1. The Morgan fingerprint density at radius 1 is 1.30 bits per heavy atom. The minimum atomic E-state index is -0.491. The molecule has 3 aromatic rings. The number of nitrogens with one attached hydrogen (secondary N) is 1. The van der Waals surface area contributed by atoms with Crippen molar-refractivity contribution in [2.24, 2.45) is 5.10 Å². The highest BCUT2D eigenvalue weighted by Crippen LogP contribution is 2.28. The number of hydrogen-bond acceptors (Lipinski definition) is 7. The summed E-state index contributed by atoms with van der Waals surface area (Å²) in [6.45, 7) is 1.96. The van der Waals surface area contributed by atoms with Gasteiger partial charge < -0.3 is 9.47 Å². The molecule has 0 saturated carbocycles. The Morgan fingerprint density at radius 2 is 2.07 bits per heavy atom. The second kappa shape index (κ2) is 8.37. The molecule has 0 aliphatic rings. The predicted molar refractivity (Wildman–Crippen MR) is 102 cm³/mol. The molecule has 0 radical (unpaired) electrons. The van der Waals surface area contributed by atoms with Gasteiger partial charge >= 0.3 is 5.97 Å². The van der Waals surface area contributed by atoms with Crippen molar-refractivity contribution < 1.29 is 14.3 Å². The number of H-pyrrole nitrogens is 1. The number of benzene rings is 1. The zero-order valence-corrected chi connectivity index (χ0v) is 15.6. The summed E-state index contributed by atoms with van der Waals surface area (Å²) in [5.41, 5.74) is 1.15. The van der Waals surface area contributed by atoms with Gasteiger partial charge in [0.1, 0.15) is 0 Å². The molecule has 0 unspecified atom stereocenters. The fourth-order valence-electron chi connectivity index (χ4n) is 2.29. The summed E-state index contributed by atoms with van der Waals surface area (Å²) in [5, 5.41) is 11.2. The molecule has 0 amide bonds. The molecule has 2 heterocycles. The molecule has 3 rings (SSSR count). The summed E-state index contributed by atoms with van der Waals surface area (Å²) in [7, 11) is 1.50. The maximum Gasteiger partial charge on any atom is 0.343 e. The molecule has 0 aliphatic heterocycles. The molecule has 1 aromatic carbocycles. The lowest BCUT2D eigenvalue weighted by molar-refractivity contribution is 0.0729. The number of aromatic amines is 1. The monoisotopic (exact) mass is 383 g/mol. The molecule has 0 spiro atoms. The van der Waals surface area contributed by atoms with Gasteiger partial charge in [-0.3, -0.25) is 10.1 Å². The van der Waals surface area contributed by atoms with Gasteiger partial charge in [0, 0.05) is 18.8 Å². The first-order valence-electron chi connectivity index (χ1n) is 8.13. The Balaban J connectivity index is 1.82. The van der Waals surface area contributed by atoms with Crippen LogP contribution in [0.2, 0.25) is 0 Å². The third kappa shape index (κ3) is 4.26. The van der Waals surface area contributed by atoms with Crippen molar-refractivity contribution in [2.45, 2.75) is 13.3 Å². The molecule has 138 valence electrons. The molecular weight excluding hydrogens is 366 g/mol. The standard InChI is InChI=1S/C18H17N5O3S/c1-3-16-21-22-18(27)23(16)20-11-12-4-5-14(15(10-12)25-2)26-17(24)13-6-8-19-9-7-13/h4-11H,3H2,1-2H3,(H,22,27)/b20-11-. The summed E-state index contributed by atoms with van der Waals surface area (Å²) in [5.74, 6) is 0.957. The smallest absolute Gasteiger partial charge is 0.343 e. The van der Waals surface area contributed by atoms with Gasteiger partial charge in [-0.1, -0.05) is 6.92 Å². The Morgan fingerprint density at radius 3 is 2.78 bits per heavy atom. The van der Waals surface area contributed by atoms with Crippen molar-refractivity contribution in [3.63, 3.8) is 0 Å². The van der Waals surface area contributed by atoms with Gasteiger partial charge in [-0.15, -0.1) is 0 Å². The zero-order valence-electron chi connectivity index (χ0n) is 14.7. The number of hydrogen-bond donors (Lipinski definition) is 1. The van der Waals surface area contributed by atoms with E-state index in [2.05, 4.69) is 20.3 Å². The number of esters is 1. The molecule has 0 fully saturated rings. The van der Waals surface area contributed by atoms with E-state index < -0.39 is 5.97 Å². The first kappa shape index (κ1) is 18.5. The zero-order chi connectivity index (χ0) is 19.2. The summed E-state index contributed by atoms with van der Waals surface area (Å²) < 4.78 is 12.7. The summed E-state index contributed by atoms with van der Waals surface area (Å²) >= 11 is 5.16. The summed E-state index contributed by atoms with van der Waals surface area (Å²) in [6.07, 6.45) is 5.37. The maximum absolute atomic E-state index is 12.2. The predicted octanol–water partition coefficient (Wildman–Crippen LogP) is 3.01.